The highest BCUT2D eigenvalue weighted by molar-refractivity contribution is 5.98. The molecular formula is C25H33N7O2. The average molecular weight is 464 g/mol. The van der Waals surface area contributed by atoms with Crippen molar-refractivity contribution in [3.8, 4) is 17.0 Å². The lowest BCUT2D eigenvalue weighted by Gasteiger charge is -2.31. The molecule has 9 heteroatoms. The van der Waals surface area contributed by atoms with E-state index in [-0.39, 0.29) is 5.91 Å². The summed E-state index contributed by atoms with van der Waals surface area (Å²) in [6.45, 7) is 4.97. The summed E-state index contributed by atoms with van der Waals surface area (Å²) in [5.41, 5.74) is 9.71. The lowest BCUT2D eigenvalue weighted by atomic mass is 9.97. The van der Waals surface area contributed by atoms with Gasteiger partial charge in [0, 0.05) is 37.8 Å². The number of hydrogen-bond acceptors (Lipinski definition) is 7. The topological polar surface area (TPSA) is 102 Å². The van der Waals surface area contributed by atoms with Crippen molar-refractivity contribution in [2.24, 2.45) is 5.92 Å². The highest BCUT2D eigenvalue weighted by Crippen LogP contribution is 2.34. The zero-order valence-corrected chi connectivity index (χ0v) is 20.4. The van der Waals surface area contributed by atoms with Gasteiger partial charge in [-0.1, -0.05) is 18.2 Å². The van der Waals surface area contributed by atoms with Crippen molar-refractivity contribution in [2.45, 2.75) is 26.3 Å². The second-order valence-corrected chi connectivity index (χ2v) is 9.11. The first-order valence-electron chi connectivity index (χ1n) is 11.6. The van der Waals surface area contributed by atoms with Gasteiger partial charge in [0.15, 0.2) is 5.65 Å². The fraction of sp³-hybridized carbons (Fsp3) is 0.440. The van der Waals surface area contributed by atoms with Crippen LogP contribution in [0.1, 0.15) is 18.4 Å². The Hall–Kier alpha value is -3.46. The molecule has 0 aliphatic carbocycles. The number of rotatable bonds is 7. The molecule has 0 saturated carbocycles. The highest BCUT2D eigenvalue weighted by Gasteiger charge is 2.24. The third kappa shape index (κ3) is 5.04. The number of piperidine rings is 1. The van der Waals surface area contributed by atoms with Crippen LogP contribution < -0.4 is 10.5 Å². The van der Waals surface area contributed by atoms with Crippen molar-refractivity contribution in [1.29, 1.82) is 0 Å². The molecule has 3 heterocycles. The number of likely N-dealkylation sites (N-methyl/N-ethyl adjacent to an activating group) is 1. The van der Waals surface area contributed by atoms with Gasteiger partial charge < -0.3 is 20.3 Å². The third-order valence-corrected chi connectivity index (χ3v) is 6.33. The van der Waals surface area contributed by atoms with Gasteiger partial charge in [-0.3, -0.25) is 4.79 Å². The molecule has 9 nitrogen and oxygen atoms in total. The summed E-state index contributed by atoms with van der Waals surface area (Å²) in [6.07, 6.45) is 6.92. The highest BCUT2D eigenvalue weighted by atomic mass is 16.5. The number of fused-ring (bicyclic) bond motifs is 1. The molecule has 1 aliphatic heterocycles. The fourth-order valence-corrected chi connectivity index (χ4v) is 4.38. The summed E-state index contributed by atoms with van der Waals surface area (Å²) in [6, 6.07) is 6.00. The van der Waals surface area contributed by atoms with E-state index >= 15 is 0 Å². The van der Waals surface area contributed by atoms with Gasteiger partial charge in [-0.25, -0.2) is 14.6 Å². The standard InChI is InChI=1S/C25H33N7O2/c1-17-7-8-19(14-20(17)34-4)23-22-24(26)27-16-28-25(22)32(29-23)15-18-9-12-31(13-10-18)21(33)6-5-11-30(2)3/h5-8,14,16,18H,9-13,15H2,1-4H3,(H2,26,27,28)/b6-5+. The molecule has 1 fully saturated rings. The molecule has 0 bridgehead atoms. The molecular weight excluding hydrogens is 430 g/mol. The van der Waals surface area contributed by atoms with E-state index < -0.39 is 0 Å². The largest absolute Gasteiger partial charge is 0.496 e. The molecule has 2 N–H and O–H groups in total. The molecule has 0 radical (unpaired) electrons. The van der Waals surface area contributed by atoms with Crippen molar-refractivity contribution in [3.05, 3.63) is 42.2 Å². The van der Waals surface area contributed by atoms with Crippen LogP contribution in [0.15, 0.2) is 36.7 Å². The van der Waals surface area contributed by atoms with Crippen LogP contribution >= 0.6 is 0 Å². The number of likely N-dealkylation sites (tertiary alicyclic amines) is 1. The van der Waals surface area contributed by atoms with Gasteiger partial charge in [0.2, 0.25) is 5.91 Å². The lowest BCUT2D eigenvalue weighted by Crippen LogP contribution is -2.38. The molecule has 180 valence electrons. The van der Waals surface area contributed by atoms with Crippen molar-refractivity contribution in [3.63, 3.8) is 0 Å². The second-order valence-electron chi connectivity index (χ2n) is 9.11. The van der Waals surface area contributed by atoms with Crippen LogP contribution in [0.4, 0.5) is 5.82 Å². The Morgan fingerprint density at radius 2 is 2.03 bits per heavy atom. The van der Waals surface area contributed by atoms with Gasteiger partial charge in [0.05, 0.1) is 12.5 Å². The maximum absolute atomic E-state index is 12.5. The number of methoxy groups -OCH3 is 1. The minimum absolute atomic E-state index is 0.0842. The SMILES string of the molecule is COc1cc(-c2nn(CC3CCN(C(=O)/C=C/CN(C)C)CC3)c3ncnc(N)c23)ccc1C. The smallest absolute Gasteiger partial charge is 0.246 e. The molecule has 1 aromatic carbocycles. The first-order valence-corrected chi connectivity index (χ1v) is 11.6. The number of nitrogens with two attached hydrogens (primary N) is 1. The van der Waals surface area contributed by atoms with Crippen LogP contribution in [0.2, 0.25) is 0 Å². The Kier molecular flexibility index (Phi) is 7.12. The predicted molar refractivity (Wildman–Crippen MR) is 133 cm³/mol. The van der Waals surface area contributed by atoms with E-state index in [4.69, 9.17) is 15.6 Å². The summed E-state index contributed by atoms with van der Waals surface area (Å²) in [5.74, 6) is 1.69. The Morgan fingerprint density at radius 1 is 1.26 bits per heavy atom. The molecule has 1 amide bonds. The van der Waals surface area contributed by atoms with E-state index in [1.807, 2.05) is 59.8 Å². The van der Waals surface area contributed by atoms with E-state index in [0.29, 0.717) is 18.3 Å². The van der Waals surface area contributed by atoms with Crippen LogP contribution in [0.25, 0.3) is 22.3 Å². The number of carbonyl (C=O) groups is 1. The fourth-order valence-electron chi connectivity index (χ4n) is 4.38. The Morgan fingerprint density at radius 3 is 2.74 bits per heavy atom. The number of aromatic nitrogens is 4. The van der Waals surface area contributed by atoms with Gasteiger partial charge in [-0.05, 0) is 51.4 Å². The van der Waals surface area contributed by atoms with E-state index in [1.54, 1.807) is 13.2 Å². The van der Waals surface area contributed by atoms with E-state index in [9.17, 15) is 4.79 Å². The molecule has 0 atom stereocenters. The minimum Gasteiger partial charge on any atom is -0.496 e. The monoisotopic (exact) mass is 463 g/mol. The molecule has 3 aromatic rings. The maximum Gasteiger partial charge on any atom is 0.246 e. The molecule has 1 aliphatic rings. The zero-order valence-electron chi connectivity index (χ0n) is 20.4. The number of amides is 1. The summed E-state index contributed by atoms with van der Waals surface area (Å²) in [4.78, 5) is 25.1. The van der Waals surface area contributed by atoms with Crippen molar-refractivity contribution in [1.82, 2.24) is 29.5 Å². The molecule has 0 unspecified atom stereocenters. The summed E-state index contributed by atoms with van der Waals surface area (Å²) in [5, 5.41) is 5.67. The first kappa shape index (κ1) is 23.7. The zero-order chi connectivity index (χ0) is 24.2. The Bertz CT molecular complexity index is 1190. The van der Waals surface area contributed by atoms with E-state index in [2.05, 4.69) is 9.97 Å². The Balaban J connectivity index is 1.52. The predicted octanol–water partition coefficient (Wildman–Crippen LogP) is 2.75. The molecule has 34 heavy (non-hydrogen) atoms. The minimum atomic E-state index is 0.0842. The van der Waals surface area contributed by atoms with Crippen molar-refractivity contribution in [2.75, 3.05) is 46.6 Å². The number of hydrogen-bond donors (Lipinski definition) is 1. The molecule has 4 rings (SSSR count). The summed E-state index contributed by atoms with van der Waals surface area (Å²) in [7, 11) is 5.63. The number of benzene rings is 1. The number of anilines is 1. The molecule has 1 saturated heterocycles. The molecule has 2 aromatic heterocycles. The van der Waals surface area contributed by atoms with Gasteiger partial charge in [0.1, 0.15) is 23.6 Å². The number of aryl methyl sites for hydroxylation is 1. The number of nitrogen functional groups attached to an aromatic ring is 1. The number of nitrogens with zero attached hydrogens (tertiary/aromatic N) is 6. The third-order valence-electron chi connectivity index (χ3n) is 6.33. The molecule has 0 spiro atoms. The van der Waals surface area contributed by atoms with Gasteiger partial charge in [-0.15, -0.1) is 0 Å². The number of ether oxygens (including phenoxy) is 1. The summed E-state index contributed by atoms with van der Waals surface area (Å²) >= 11 is 0. The Labute approximate surface area is 200 Å². The van der Waals surface area contributed by atoms with Gasteiger partial charge in [0.25, 0.3) is 0 Å². The maximum atomic E-state index is 12.5. The summed E-state index contributed by atoms with van der Waals surface area (Å²) < 4.78 is 7.45. The first-order chi connectivity index (χ1) is 16.4. The average Bonchev–Trinajstić information content (AvgIpc) is 3.19. The quantitative estimate of drug-likeness (QED) is 0.538. The lowest BCUT2D eigenvalue weighted by molar-refractivity contribution is -0.127. The van der Waals surface area contributed by atoms with Crippen molar-refractivity contribution < 1.29 is 9.53 Å². The van der Waals surface area contributed by atoms with Crippen LogP contribution in [-0.2, 0) is 11.3 Å². The second kappa shape index (κ2) is 10.2. The van der Waals surface area contributed by atoms with Crippen LogP contribution in [0.3, 0.4) is 0 Å². The van der Waals surface area contributed by atoms with Gasteiger partial charge in [-0.2, -0.15) is 5.10 Å². The normalized spacial score (nSPS) is 15.0. The number of carbonyl (C=O) groups excluding carboxylic acids is 1. The van der Waals surface area contributed by atoms with Crippen LogP contribution in [-0.4, -0.2) is 76.3 Å². The van der Waals surface area contributed by atoms with Crippen LogP contribution in [0.5, 0.6) is 5.75 Å². The van der Waals surface area contributed by atoms with Crippen LogP contribution in [0, 0.1) is 12.8 Å². The van der Waals surface area contributed by atoms with E-state index in [0.717, 1.165) is 66.1 Å². The van der Waals surface area contributed by atoms with Crippen molar-refractivity contribution >= 4 is 22.8 Å². The van der Waals surface area contributed by atoms with E-state index in [1.165, 1.54) is 6.33 Å². The van der Waals surface area contributed by atoms with Gasteiger partial charge >= 0.3 is 0 Å².